The summed E-state index contributed by atoms with van der Waals surface area (Å²) >= 11 is 0. The summed E-state index contributed by atoms with van der Waals surface area (Å²) < 4.78 is 5.45. The SMILES string of the molecule is COc1ccccc1C(=O)N(Cc1ccccc1)Cc1nc(C)ncc1-c1ccncc1. The van der Waals surface area contributed by atoms with Crippen LogP contribution in [0, 0.1) is 6.92 Å². The van der Waals surface area contributed by atoms with E-state index in [0.29, 0.717) is 30.2 Å². The summed E-state index contributed by atoms with van der Waals surface area (Å²) in [4.78, 5) is 28.6. The lowest BCUT2D eigenvalue weighted by Crippen LogP contribution is -2.31. The fourth-order valence-corrected chi connectivity index (χ4v) is 3.59. The number of rotatable bonds is 7. The van der Waals surface area contributed by atoms with Crippen LogP contribution < -0.4 is 4.74 Å². The average molecular weight is 425 g/mol. The molecule has 0 N–H and O–H groups in total. The Bertz CT molecular complexity index is 1200. The second kappa shape index (κ2) is 9.83. The molecule has 0 saturated heterocycles. The Morgan fingerprint density at radius 1 is 0.938 bits per heavy atom. The number of amides is 1. The van der Waals surface area contributed by atoms with Crippen molar-refractivity contribution >= 4 is 5.91 Å². The highest BCUT2D eigenvalue weighted by Crippen LogP contribution is 2.26. The first kappa shape index (κ1) is 21.2. The van der Waals surface area contributed by atoms with Crippen molar-refractivity contribution in [1.29, 1.82) is 0 Å². The summed E-state index contributed by atoms with van der Waals surface area (Å²) in [6.45, 7) is 2.62. The molecule has 2 aromatic carbocycles. The van der Waals surface area contributed by atoms with Gasteiger partial charge in [-0.2, -0.15) is 0 Å². The van der Waals surface area contributed by atoms with E-state index in [4.69, 9.17) is 9.72 Å². The van der Waals surface area contributed by atoms with Gasteiger partial charge in [0, 0.05) is 30.7 Å². The van der Waals surface area contributed by atoms with Crippen LogP contribution in [0.3, 0.4) is 0 Å². The summed E-state index contributed by atoms with van der Waals surface area (Å²) in [7, 11) is 1.57. The van der Waals surface area contributed by atoms with Crippen molar-refractivity contribution < 1.29 is 9.53 Å². The van der Waals surface area contributed by atoms with Crippen molar-refractivity contribution in [3.63, 3.8) is 0 Å². The standard InChI is InChI=1S/C26H24N4O2/c1-19-28-16-23(21-12-14-27-15-13-21)24(29-19)18-30(17-20-8-4-3-5-9-20)26(31)22-10-6-7-11-25(22)32-2/h3-16H,17-18H2,1-2H3. The highest BCUT2D eigenvalue weighted by atomic mass is 16.5. The monoisotopic (exact) mass is 424 g/mol. The number of aromatic nitrogens is 3. The third-order valence-electron chi connectivity index (χ3n) is 5.16. The van der Waals surface area contributed by atoms with E-state index in [1.165, 1.54) is 0 Å². The Hall–Kier alpha value is -4.06. The van der Waals surface area contributed by atoms with Gasteiger partial charge in [-0.25, -0.2) is 9.97 Å². The van der Waals surface area contributed by atoms with Crippen LogP contribution in [0.2, 0.25) is 0 Å². The molecule has 0 fully saturated rings. The minimum Gasteiger partial charge on any atom is -0.496 e. The number of carbonyl (C=O) groups excluding carboxylic acids is 1. The first-order valence-corrected chi connectivity index (χ1v) is 10.3. The van der Waals surface area contributed by atoms with Gasteiger partial charge in [0.25, 0.3) is 5.91 Å². The molecule has 4 aromatic rings. The number of ether oxygens (including phenoxy) is 1. The van der Waals surface area contributed by atoms with E-state index in [0.717, 1.165) is 22.4 Å². The largest absolute Gasteiger partial charge is 0.496 e. The highest BCUT2D eigenvalue weighted by molar-refractivity contribution is 5.97. The zero-order valence-electron chi connectivity index (χ0n) is 18.1. The lowest BCUT2D eigenvalue weighted by atomic mass is 10.1. The van der Waals surface area contributed by atoms with Crippen molar-refractivity contribution in [2.75, 3.05) is 7.11 Å². The normalized spacial score (nSPS) is 10.6. The number of pyridine rings is 1. The molecule has 1 amide bonds. The van der Waals surface area contributed by atoms with Crippen LogP contribution in [-0.2, 0) is 13.1 Å². The molecule has 2 aromatic heterocycles. The number of carbonyl (C=O) groups is 1. The Balaban J connectivity index is 1.75. The van der Waals surface area contributed by atoms with E-state index < -0.39 is 0 Å². The molecule has 160 valence electrons. The zero-order valence-corrected chi connectivity index (χ0v) is 18.1. The molecular formula is C26H24N4O2. The summed E-state index contributed by atoms with van der Waals surface area (Å²) in [6.07, 6.45) is 5.28. The molecule has 0 aliphatic heterocycles. The average Bonchev–Trinajstić information content (AvgIpc) is 2.84. The lowest BCUT2D eigenvalue weighted by Gasteiger charge is -2.25. The second-order valence-electron chi connectivity index (χ2n) is 7.36. The van der Waals surface area contributed by atoms with Crippen molar-refractivity contribution in [3.05, 3.63) is 108 Å². The fourth-order valence-electron chi connectivity index (χ4n) is 3.59. The van der Waals surface area contributed by atoms with E-state index in [-0.39, 0.29) is 5.91 Å². The quantitative estimate of drug-likeness (QED) is 0.430. The fraction of sp³-hybridized carbons (Fsp3) is 0.154. The molecule has 6 heteroatoms. The maximum Gasteiger partial charge on any atom is 0.258 e. The van der Waals surface area contributed by atoms with Gasteiger partial charge in [-0.15, -0.1) is 0 Å². The number of hydrogen-bond donors (Lipinski definition) is 0. The van der Waals surface area contributed by atoms with Crippen LogP contribution in [0.5, 0.6) is 5.75 Å². The lowest BCUT2D eigenvalue weighted by molar-refractivity contribution is 0.0724. The van der Waals surface area contributed by atoms with Crippen LogP contribution >= 0.6 is 0 Å². The van der Waals surface area contributed by atoms with E-state index in [2.05, 4.69) is 9.97 Å². The molecule has 0 aliphatic rings. The van der Waals surface area contributed by atoms with Gasteiger partial charge in [-0.1, -0.05) is 42.5 Å². The van der Waals surface area contributed by atoms with Crippen LogP contribution in [0.25, 0.3) is 11.1 Å². The van der Waals surface area contributed by atoms with E-state index >= 15 is 0 Å². The van der Waals surface area contributed by atoms with Gasteiger partial charge in [0.15, 0.2) is 0 Å². The van der Waals surface area contributed by atoms with Crippen LogP contribution in [0.1, 0.15) is 27.4 Å². The van der Waals surface area contributed by atoms with Gasteiger partial charge >= 0.3 is 0 Å². The summed E-state index contributed by atoms with van der Waals surface area (Å²) in [6, 6.07) is 21.0. The maximum atomic E-state index is 13.7. The zero-order chi connectivity index (χ0) is 22.3. The first-order chi connectivity index (χ1) is 15.7. The number of nitrogens with zero attached hydrogens (tertiary/aromatic N) is 4. The topological polar surface area (TPSA) is 68.2 Å². The summed E-state index contributed by atoms with van der Waals surface area (Å²) in [5.41, 5.74) is 4.17. The van der Waals surface area contributed by atoms with Gasteiger partial charge in [-0.3, -0.25) is 9.78 Å². The number of aryl methyl sites for hydroxylation is 1. The third kappa shape index (κ3) is 4.81. The number of benzene rings is 2. The molecular weight excluding hydrogens is 400 g/mol. The molecule has 0 atom stereocenters. The van der Waals surface area contributed by atoms with E-state index in [9.17, 15) is 4.79 Å². The van der Waals surface area contributed by atoms with E-state index in [1.54, 1.807) is 42.7 Å². The maximum absolute atomic E-state index is 13.7. The minimum absolute atomic E-state index is 0.122. The third-order valence-corrected chi connectivity index (χ3v) is 5.16. The predicted molar refractivity (Wildman–Crippen MR) is 123 cm³/mol. The van der Waals surface area contributed by atoms with Gasteiger partial charge in [0.1, 0.15) is 11.6 Å². The molecule has 32 heavy (non-hydrogen) atoms. The van der Waals surface area contributed by atoms with Crippen molar-refractivity contribution in [1.82, 2.24) is 19.9 Å². The summed E-state index contributed by atoms with van der Waals surface area (Å²) in [5, 5.41) is 0. The number of methoxy groups -OCH3 is 1. The molecule has 2 heterocycles. The molecule has 0 spiro atoms. The smallest absolute Gasteiger partial charge is 0.258 e. The second-order valence-corrected chi connectivity index (χ2v) is 7.36. The van der Waals surface area contributed by atoms with Crippen molar-refractivity contribution in [2.45, 2.75) is 20.0 Å². The number of para-hydroxylation sites is 1. The highest BCUT2D eigenvalue weighted by Gasteiger charge is 2.22. The van der Waals surface area contributed by atoms with Gasteiger partial charge in [0.2, 0.25) is 0 Å². The Morgan fingerprint density at radius 3 is 2.41 bits per heavy atom. The van der Waals surface area contributed by atoms with Crippen LogP contribution in [0.15, 0.2) is 85.3 Å². The van der Waals surface area contributed by atoms with E-state index in [1.807, 2.05) is 61.5 Å². The van der Waals surface area contributed by atoms with Crippen molar-refractivity contribution in [3.8, 4) is 16.9 Å². The van der Waals surface area contributed by atoms with Gasteiger partial charge < -0.3 is 9.64 Å². The number of hydrogen-bond acceptors (Lipinski definition) is 5. The molecule has 6 nitrogen and oxygen atoms in total. The molecule has 0 aliphatic carbocycles. The van der Waals surface area contributed by atoms with Crippen LogP contribution in [-0.4, -0.2) is 32.9 Å². The van der Waals surface area contributed by atoms with Crippen molar-refractivity contribution in [2.24, 2.45) is 0 Å². The molecule has 0 radical (unpaired) electrons. The molecule has 0 saturated carbocycles. The molecule has 0 unspecified atom stereocenters. The Labute approximate surface area is 187 Å². The first-order valence-electron chi connectivity index (χ1n) is 10.3. The summed E-state index contributed by atoms with van der Waals surface area (Å²) in [5.74, 6) is 1.08. The minimum atomic E-state index is -0.122. The Morgan fingerprint density at radius 2 is 1.66 bits per heavy atom. The van der Waals surface area contributed by atoms with Gasteiger partial charge in [-0.05, 0) is 42.3 Å². The molecule has 0 bridgehead atoms. The predicted octanol–water partition coefficient (Wildman–Crippen LogP) is 4.70. The Kier molecular flexibility index (Phi) is 6.51. The van der Waals surface area contributed by atoms with Crippen LogP contribution in [0.4, 0.5) is 0 Å². The molecule has 4 rings (SSSR count). The van der Waals surface area contributed by atoms with Gasteiger partial charge in [0.05, 0.1) is 24.9 Å².